The van der Waals surface area contributed by atoms with Gasteiger partial charge in [0.2, 0.25) is 5.91 Å². The van der Waals surface area contributed by atoms with E-state index in [0.29, 0.717) is 19.6 Å². The van der Waals surface area contributed by atoms with E-state index in [9.17, 15) is 9.59 Å². The van der Waals surface area contributed by atoms with E-state index in [1.165, 1.54) is 0 Å². The van der Waals surface area contributed by atoms with Crippen molar-refractivity contribution in [1.82, 2.24) is 15.5 Å². The van der Waals surface area contributed by atoms with Gasteiger partial charge in [0, 0.05) is 26.1 Å². The molecule has 0 atom stereocenters. The van der Waals surface area contributed by atoms with Crippen LogP contribution in [0.1, 0.15) is 25.5 Å². The quantitative estimate of drug-likeness (QED) is 0.859. The molecule has 1 saturated heterocycles. The van der Waals surface area contributed by atoms with Crippen LogP contribution in [-0.4, -0.2) is 36.0 Å². The summed E-state index contributed by atoms with van der Waals surface area (Å²) in [6.45, 7) is 3.37. The number of likely N-dealkylation sites (tertiary alicyclic amines) is 1. The Labute approximate surface area is 112 Å². The van der Waals surface area contributed by atoms with Crippen LogP contribution < -0.4 is 10.6 Å². The molecule has 6 heteroatoms. The second-order valence-corrected chi connectivity index (χ2v) is 4.69. The first kappa shape index (κ1) is 13.5. The summed E-state index contributed by atoms with van der Waals surface area (Å²) in [5.74, 6) is 0.822. The number of nitrogens with zero attached hydrogens (tertiary/aromatic N) is 1. The molecule has 1 aromatic heterocycles. The van der Waals surface area contributed by atoms with Crippen LogP contribution in [0, 0.1) is 0 Å². The zero-order valence-corrected chi connectivity index (χ0v) is 11.0. The van der Waals surface area contributed by atoms with Crippen LogP contribution in [0.2, 0.25) is 0 Å². The standard InChI is InChI=1S/C13H19N3O3/c1-10(17)16-6-4-11(5-7-16)15-13(18)14-9-12-3-2-8-19-12/h2-3,8,11H,4-7,9H2,1H3,(H2,14,15,18). The predicted octanol–water partition coefficient (Wildman–Crippen LogP) is 1.09. The van der Waals surface area contributed by atoms with Crippen LogP contribution in [0.4, 0.5) is 4.79 Å². The van der Waals surface area contributed by atoms with Crippen molar-refractivity contribution in [3.63, 3.8) is 0 Å². The first-order chi connectivity index (χ1) is 9.15. The highest BCUT2D eigenvalue weighted by atomic mass is 16.3. The first-order valence-electron chi connectivity index (χ1n) is 6.47. The average Bonchev–Trinajstić information content (AvgIpc) is 2.90. The molecule has 1 aromatic rings. The second-order valence-electron chi connectivity index (χ2n) is 4.69. The van der Waals surface area contributed by atoms with Gasteiger partial charge in [0.25, 0.3) is 0 Å². The van der Waals surface area contributed by atoms with Gasteiger partial charge in [-0.05, 0) is 25.0 Å². The molecule has 0 unspecified atom stereocenters. The molecule has 19 heavy (non-hydrogen) atoms. The van der Waals surface area contributed by atoms with Crippen LogP contribution in [0.25, 0.3) is 0 Å². The van der Waals surface area contributed by atoms with Crippen LogP contribution in [0.15, 0.2) is 22.8 Å². The van der Waals surface area contributed by atoms with E-state index in [4.69, 9.17) is 4.42 Å². The Balaban J connectivity index is 1.67. The number of carbonyl (C=O) groups is 2. The number of amides is 3. The van der Waals surface area contributed by atoms with Crippen LogP contribution in [0.5, 0.6) is 0 Å². The van der Waals surface area contributed by atoms with Crippen molar-refractivity contribution in [2.45, 2.75) is 32.4 Å². The number of urea groups is 1. The molecule has 3 amide bonds. The minimum atomic E-state index is -0.197. The summed E-state index contributed by atoms with van der Waals surface area (Å²) in [6.07, 6.45) is 3.17. The third kappa shape index (κ3) is 4.01. The Hall–Kier alpha value is -1.98. The fraction of sp³-hybridized carbons (Fsp3) is 0.538. The summed E-state index contributed by atoms with van der Waals surface area (Å²) in [5, 5.41) is 5.65. The number of carbonyl (C=O) groups excluding carboxylic acids is 2. The number of nitrogens with one attached hydrogen (secondary N) is 2. The summed E-state index contributed by atoms with van der Waals surface area (Å²) in [4.78, 5) is 24.7. The lowest BCUT2D eigenvalue weighted by Crippen LogP contribution is -2.48. The van der Waals surface area contributed by atoms with Gasteiger partial charge in [0.1, 0.15) is 5.76 Å². The van der Waals surface area contributed by atoms with Gasteiger partial charge < -0.3 is 20.0 Å². The molecule has 1 aliphatic heterocycles. The SMILES string of the molecule is CC(=O)N1CCC(NC(=O)NCc2ccco2)CC1. The molecule has 2 N–H and O–H groups in total. The van der Waals surface area contributed by atoms with Crippen molar-refractivity contribution >= 4 is 11.9 Å². The number of rotatable bonds is 3. The van der Waals surface area contributed by atoms with E-state index in [0.717, 1.165) is 18.6 Å². The van der Waals surface area contributed by atoms with Gasteiger partial charge in [0.15, 0.2) is 0 Å². The average molecular weight is 265 g/mol. The van der Waals surface area contributed by atoms with E-state index >= 15 is 0 Å². The maximum Gasteiger partial charge on any atom is 0.315 e. The molecule has 0 aromatic carbocycles. The summed E-state index contributed by atoms with van der Waals surface area (Å²) < 4.78 is 5.13. The number of furan rings is 1. The molecule has 0 bridgehead atoms. The first-order valence-corrected chi connectivity index (χ1v) is 6.47. The topological polar surface area (TPSA) is 74.6 Å². The van der Waals surface area contributed by atoms with E-state index in [-0.39, 0.29) is 18.0 Å². The zero-order valence-electron chi connectivity index (χ0n) is 11.0. The van der Waals surface area contributed by atoms with E-state index in [2.05, 4.69) is 10.6 Å². The fourth-order valence-corrected chi connectivity index (χ4v) is 2.16. The minimum absolute atomic E-state index is 0.0979. The van der Waals surface area contributed by atoms with Crippen molar-refractivity contribution < 1.29 is 14.0 Å². The highest BCUT2D eigenvalue weighted by Gasteiger charge is 2.21. The summed E-state index contributed by atoms with van der Waals surface area (Å²) in [5.41, 5.74) is 0. The molecule has 1 fully saturated rings. The molecule has 104 valence electrons. The smallest absolute Gasteiger partial charge is 0.315 e. The maximum absolute atomic E-state index is 11.7. The Kier molecular flexibility index (Phi) is 4.43. The lowest BCUT2D eigenvalue weighted by Gasteiger charge is -2.31. The normalized spacial score (nSPS) is 16.2. The summed E-state index contributed by atoms with van der Waals surface area (Å²) >= 11 is 0. The Morgan fingerprint density at radius 1 is 1.42 bits per heavy atom. The minimum Gasteiger partial charge on any atom is -0.467 e. The Morgan fingerprint density at radius 2 is 2.16 bits per heavy atom. The highest BCUT2D eigenvalue weighted by molar-refractivity contribution is 5.74. The second kappa shape index (κ2) is 6.26. The van der Waals surface area contributed by atoms with Crippen molar-refractivity contribution in [3.8, 4) is 0 Å². The molecule has 0 aliphatic carbocycles. The molecule has 0 radical (unpaired) electrons. The van der Waals surface area contributed by atoms with Gasteiger partial charge >= 0.3 is 6.03 Å². The van der Waals surface area contributed by atoms with Gasteiger partial charge in [-0.1, -0.05) is 0 Å². The van der Waals surface area contributed by atoms with Crippen molar-refractivity contribution in [2.24, 2.45) is 0 Å². The molecular formula is C13H19N3O3. The number of piperidine rings is 1. The van der Waals surface area contributed by atoms with Gasteiger partial charge in [-0.15, -0.1) is 0 Å². The van der Waals surface area contributed by atoms with Gasteiger partial charge in [-0.3, -0.25) is 4.79 Å². The Bertz CT molecular complexity index is 422. The number of hydrogen-bond donors (Lipinski definition) is 2. The zero-order chi connectivity index (χ0) is 13.7. The van der Waals surface area contributed by atoms with E-state index in [1.54, 1.807) is 24.2 Å². The van der Waals surface area contributed by atoms with Crippen LogP contribution >= 0.6 is 0 Å². The fourth-order valence-electron chi connectivity index (χ4n) is 2.16. The monoisotopic (exact) mass is 265 g/mol. The van der Waals surface area contributed by atoms with Crippen molar-refractivity contribution in [1.29, 1.82) is 0 Å². The Morgan fingerprint density at radius 3 is 2.74 bits per heavy atom. The van der Waals surface area contributed by atoms with Gasteiger partial charge in [0.05, 0.1) is 12.8 Å². The third-order valence-electron chi connectivity index (χ3n) is 3.28. The molecule has 0 spiro atoms. The maximum atomic E-state index is 11.7. The van der Waals surface area contributed by atoms with Gasteiger partial charge in [-0.25, -0.2) is 4.79 Å². The molecule has 6 nitrogen and oxygen atoms in total. The third-order valence-corrected chi connectivity index (χ3v) is 3.28. The van der Waals surface area contributed by atoms with Gasteiger partial charge in [-0.2, -0.15) is 0 Å². The summed E-state index contributed by atoms with van der Waals surface area (Å²) in [7, 11) is 0. The molecule has 1 aliphatic rings. The lowest BCUT2D eigenvalue weighted by atomic mass is 10.1. The van der Waals surface area contributed by atoms with Crippen molar-refractivity contribution in [2.75, 3.05) is 13.1 Å². The van der Waals surface area contributed by atoms with Crippen LogP contribution in [-0.2, 0) is 11.3 Å². The highest BCUT2D eigenvalue weighted by Crippen LogP contribution is 2.10. The molecule has 2 heterocycles. The molecular weight excluding hydrogens is 246 g/mol. The van der Waals surface area contributed by atoms with E-state index < -0.39 is 0 Å². The molecule has 2 rings (SSSR count). The molecule has 0 saturated carbocycles. The largest absolute Gasteiger partial charge is 0.467 e. The number of hydrogen-bond acceptors (Lipinski definition) is 3. The summed E-state index contributed by atoms with van der Waals surface area (Å²) in [6, 6.07) is 3.53. The van der Waals surface area contributed by atoms with Crippen molar-refractivity contribution in [3.05, 3.63) is 24.2 Å². The van der Waals surface area contributed by atoms with Crippen LogP contribution in [0.3, 0.4) is 0 Å². The van der Waals surface area contributed by atoms with E-state index in [1.807, 2.05) is 6.07 Å². The predicted molar refractivity (Wildman–Crippen MR) is 69.4 cm³/mol. The lowest BCUT2D eigenvalue weighted by molar-refractivity contribution is -0.129.